The third-order valence-electron chi connectivity index (χ3n) is 3.97. The highest BCUT2D eigenvalue weighted by molar-refractivity contribution is 7.15. The molecule has 0 unspecified atom stereocenters. The first-order chi connectivity index (χ1) is 12.0. The summed E-state index contributed by atoms with van der Waals surface area (Å²) in [5, 5.41) is 3.35. The zero-order valence-electron chi connectivity index (χ0n) is 14.4. The Balaban J connectivity index is 1.57. The monoisotopic (exact) mass is 363 g/mol. The van der Waals surface area contributed by atoms with Gasteiger partial charge in [-0.25, -0.2) is 15.0 Å². The van der Waals surface area contributed by atoms with Crippen molar-refractivity contribution in [3.63, 3.8) is 0 Å². The van der Waals surface area contributed by atoms with Crippen LogP contribution in [-0.2, 0) is 11.3 Å². The lowest BCUT2D eigenvalue weighted by atomic mass is 10.2. The third-order valence-corrected chi connectivity index (χ3v) is 4.87. The van der Waals surface area contributed by atoms with Gasteiger partial charge in [-0.2, -0.15) is 0 Å². The molecule has 2 aromatic rings. The van der Waals surface area contributed by atoms with Crippen LogP contribution in [0.2, 0.25) is 0 Å². The van der Waals surface area contributed by atoms with E-state index in [0.717, 1.165) is 24.4 Å². The molecule has 1 aliphatic rings. The number of nitrogens with zero attached hydrogens (tertiary/aromatic N) is 4. The standard InChI is InChI=1S/C16H21N5O3S/c1-10-4-12(24-15-5-14(23-3)18-9-19-15)7-21(10)8-13-6-17-16(25-13)20-11(2)22/h5-6,9-10,12H,4,7-8H2,1-3H3,(H,17,20,22)/t10-,12-/m1/s1. The fourth-order valence-corrected chi connectivity index (χ4v) is 3.69. The molecule has 0 aromatic carbocycles. The molecular formula is C16H21N5O3S. The summed E-state index contributed by atoms with van der Waals surface area (Å²) in [7, 11) is 1.57. The highest BCUT2D eigenvalue weighted by atomic mass is 32.1. The number of thiazole rings is 1. The lowest BCUT2D eigenvalue weighted by Gasteiger charge is -2.19. The highest BCUT2D eigenvalue weighted by Crippen LogP contribution is 2.27. The molecule has 2 aromatic heterocycles. The van der Waals surface area contributed by atoms with Crippen molar-refractivity contribution < 1.29 is 14.3 Å². The minimum atomic E-state index is -0.107. The Morgan fingerprint density at radius 2 is 2.20 bits per heavy atom. The second-order valence-corrected chi connectivity index (χ2v) is 7.08. The van der Waals surface area contributed by atoms with Crippen molar-refractivity contribution in [2.24, 2.45) is 0 Å². The molecule has 0 aliphatic carbocycles. The summed E-state index contributed by atoms with van der Waals surface area (Å²) in [5.74, 6) is 0.906. The molecular weight excluding hydrogens is 342 g/mol. The number of anilines is 1. The fourth-order valence-electron chi connectivity index (χ4n) is 2.81. The maximum Gasteiger partial charge on any atom is 0.223 e. The summed E-state index contributed by atoms with van der Waals surface area (Å²) in [4.78, 5) is 26.9. The number of hydrogen-bond donors (Lipinski definition) is 1. The van der Waals surface area contributed by atoms with Gasteiger partial charge in [0.1, 0.15) is 12.4 Å². The van der Waals surface area contributed by atoms with E-state index in [1.54, 1.807) is 13.2 Å². The summed E-state index contributed by atoms with van der Waals surface area (Å²) in [6.07, 6.45) is 4.23. The first kappa shape index (κ1) is 17.6. The number of ether oxygens (including phenoxy) is 2. The highest BCUT2D eigenvalue weighted by Gasteiger charge is 2.31. The Hall–Kier alpha value is -2.26. The van der Waals surface area contributed by atoms with Gasteiger partial charge in [0.25, 0.3) is 0 Å². The summed E-state index contributed by atoms with van der Waals surface area (Å²) in [6.45, 7) is 5.25. The van der Waals surface area contributed by atoms with E-state index < -0.39 is 0 Å². The van der Waals surface area contributed by atoms with Crippen molar-refractivity contribution in [1.82, 2.24) is 19.9 Å². The van der Waals surface area contributed by atoms with Crippen LogP contribution in [0.3, 0.4) is 0 Å². The topological polar surface area (TPSA) is 89.5 Å². The van der Waals surface area contributed by atoms with Crippen LogP contribution in [-0.4, -0.2) is 51.6 Å². The predicted octanol–water partition coefficient (Wildman–Crippen LogP) is 1.94. The second kappa shape index (κ2) is 7.75. The third kappa shape index (κ3) is 4.64. The number of carbonyl (C=O) groups excluding carboxylic acids is 1. The van der Waals surface area contributed by atoms with E-state index in [4.69, 9.17) is 9.47 Å². The number of nitrogens with one attached hydrogen (secondary N) is 1. The Labute approximate surface area is 150 Å². The van der Waals surface area contributed by atoms with Gasteiger partial charge in [0.2, 0.25) is 17.7 Å². The molecule has 3 heterocycles. The van der Waals surface area contributed by atoms with Gasteiger partial charge < -0.3 is 14.8 Å². The molecule has 1 N–H and O–H groups in total. The SMILES string of the molecule is COc1cc(O[C@@H]2C[C@@H](C)N(Cc3cnc(NC(C)=O)s3)C2)ncn1. The van der Waals surface area contributed by atoms with Crippen LogP contribution in [0, 0.1) is 0 Å². The van der Waals surface area contributed by atoms with Gasteiger partial charge in [-0.05, 0) is 6.92 Å². The quantitative estimate of drug-likeness (QED) is 0.839. The van der Waals surface area contributed by atoms with Gasteiger partial charge in [-0.1, -0.05) is 0 Å². The Bertz CT molecular complexity index is 738. The minimum Gasteiger partial charge on any atom is -0.481 e. The number of aromatic nitrogens is 3. The van der Waals surface area contributed by atoms with E-state index in [2.05, 4.69) is 32.1 Å². The van der Waals surface area contributed by atoms with E-state index in [1.807, 2.05) is 6.20 Å². The molecule has 1 amide bonds. The molecule has 9 heteroatoms. The molecule has 1 fully saturated rings. The zero-order valence-corrected chi connectivity index (χ0v) is 15.2. The van der Waals surface area contributed by atoms with Gasteiger partial charge in [-0.15, -0.1) is 11.3 Å². The van der Waals surface area contributed by atoms with Crippen molar-refractivity contribution >= 4 is 22.4 Å². The number of hydrogen-bond acceptors (Lipinski definition) is 8. The lowest BCUT2D eigenvalue weighted by Crippen LogP contribution is -2.27. The number of methoxy groups -OCH3 is 1. The first-order valence-electron chi connectivity index (χ1n) is 8.02. The average molecular weight is 363 g/mol. The minimum absolute atomic E-state index is 0.0670. The second-order valence-electron chi connectivity index (χ2n) is 5.97. The first-order valence-corrected chi connectivity index (χ1v) is 8.84. The number of likely N-dealkylation sites (tertiary alicyclic amines) is 1. The van der Waals surface area contributed by atoms with Crippen LogP contribution in [0.4, 0.5) is 5.13 Å². The molecule has 0 bridgehead atoms. The van der Waals surface area contributed by atoms with Crippen molar-refractivity contribution in [1.29, 1.82) is 0 Å². The van der Waals surface area contributed by atoms with Crippen molar-refractivity contribution in [2.45, 2.75) is 39.0 Å². The normalized spacial score (nSPS) is 20.4. The van der Waals surface area contributed by atoms with Crippen LogP contribution in [0.25, 0.3) is 0 Å². The molecule has 2 atom stereocenters. The van der Waals surface area contributed by atoms with E-state index in [1.165, 1.54) is 24.6 Å². The van der Waals surface area contributed by atoms with Crippen LogP contribution in [0.15, 0.2) is 18.6 Å². The van der Waals surface area contributed by atoms with Crippen molar-refractivity contribution in [3.8, 4) is 11.8 Å². The van der Waals surface area contributed by atoms with Crippen molar-refractivity contribution in [2.75, 3.05) is 19.0 Å². The molecule has 25 heavy (non-hydrogen) atoms. The zero-order chi connectivity index (χ0) is 17.8. The van der Waals surface area contributed by atoms with Crippen LogP contribution < -0.4 is 14.8 Å². The van der Waals surface area contributed by atoms with Crippen molar-refractivity contribution in [3.05, 3.63) is 23.5 Å². The average Bonchev–Trinajstić information content (AvgIpc) is 3.14. The maximum atomic E-state index is 11.1. The molecule has 0 spiro atoms. The Morgan fingerprint density at radius 1 is 1.40 bits per heavy atom. The summed E-state index contributed by atoms with van der Waals surface area (Å²) < 4.78 is 11.1. The van der Waals surface area contributed by atoms with Gasteiger partial charge in [0.05, 0.1) is 13.2 Å². The fraction of sp³-hybridized carbons (Fsp3) is 0.500. The summed E-state index contributed by atoms with van der Waals surface area (Å²) in [5.41, 5.74) is 0. The van der Waals surface area contributed by atoms with E-state index >= 15 is 0 Å². The Kier molecular flexibility index (Phi) is 5.44. The van der Waals surface area contributed by atoms with Gasteiger partial charge in [-0.3, -0.25) is 9.69 Å². The Morgan fingerprint density at radius 3 is 2.96 bits per heavy atom. The summed E-state index contributed by atoms with van der Waals surface area (Å²) >= 11 is 1.50. The number of carbonyl (C=O) groups is 1. The van der Waals surface area contributed by atoms with E-state index in [-0.39, 0.29) is 12.0 Å². The largest absolute Gasteiger partial charge is 0.481 e. The van der Waals surface area contributed by atoms with Crippen LogP contribution in [0.1, 0.15) is 25.1 Å². The molecule has 1 aliphatic heterocycles. The summed E-state index contributed by atoms with van der Waals surface area (Å²) in [6, 6.07) is 2.08. The number of amides is 1. The smallest absolute Gasteiger partial charge is 0.223 e. The van der Waals surface area contributed by atoms with E-state index in [9.17, 15) is 4.79 Å². The van der Waals surface area contributed by atoms with Gasteiger partial charge >= 0.3 is 0 Å². The predicted molar refractivity (Wildman–Crippen MR) is 93.9 cm³/mol. The van der Waals surface area contributed by atoms with Crippen LogP contribution >= 0.6 is 11.3 Å². The van der Waals surface area contributed by atoms with Crippen LogP contribution in [0.5, 0.6) is 11.8 Å². The van der Waals surface area contributed by atoms with Gasteiger partial charge in [0, 0.05) is 43.5 Å². The molecule has 8 nitrogen and oxygen atoms in total. The maximum absolute atomic E-state index is 11.1. The molecule has 3 rings (SSSR count). The molecule has 0 radical (unpaired) electrons. The number of rotatable bonds is 6. The molecule has 1 saturated heterocycles. The molecule has 0 saturated carbocycles. The van der Waals surface area contributed by atoms with Gasteiger partial charge in [0.15, 0.2) is 5.13 Å². The van der Waals surface area contributed by atoms with E-state index in [0.29, 0.717) is 22.9 Å². The molecule has 134 valence electrons. The lowest BCUT2D eigenvalue weighted by molar-refractivity contribution is -0.114.